The van der Waals surface area contributed by atoms with E-state index in [4.69, 9.17) is 0 Å². The highest BCUT2D eigenvalue weighted by Crippen LogP contribution is 2.32. The van der Waals surface area contributed by atoms with Crippen LogP contribution in [0.25, 0.3) is 21.0 Å². The molecule has 0 spiro atoms. The van der Waals surface area contributed by atoms with Crippen LogP contribution in [0.1, 0.15) is 24.2 Å². The van der Waals surface area contributed by atoms with Crippen molar-refractivity contribution in [2.75, 3.05) is 18.4 Å². The van der Waals surface area contributed by atoms with E-state index in [1.54, 1.807) is 13.8 Å². The molecule has 6 nitrogen and oxygen atoms in total. The van der Waals surface area contributed by atoms with Crippen molar-refractivity contribution in [2.45, 2.75) is 18.7 Å². The van der Waals surface area contributed by atoms with Gasteiger partial charge in [-0.05, 0) is 35.7 Å². The number of thiazole rings is 1. The van der Waals surface area contributed by atoms with Crippen LogP contribution in [0.15, 0.2) is 65.6 Å². The minimum absolute atomic E-state index is 0.175. The predicted molar refractivity (Wildman–Crippen MR) is 122 cm³/mol. The van der Waals surface area contributed by atoms with Crippen LogP contribution in [0, 0.1) is 0 Å². The second-order valence-electron chi connectivity index (χ2n) is 6.72. The molecule has 0 saturated heterocycles. The molecule has 1 aromatic heterocycles. The predicted octanol–water partition coefficient (Wildman–Crippen LogP) is 4.73. The van der Waals surface area contributed by atoms with Crippen LogP contribution in [0.3, 0.4) is 0 Å². The summed E-state index contributed by atoms with van der Waals surface area (Å²) in [5.41, 5.74) is 1.23. The largest absolute Gasteiger partial charge is 0.298 e. The molecule has 1 N–H and O–H groups in total. The molecule has 8 heteroatoms. The molecule has 0 fully saturated rings. The third-order valence-electron chi connectivity index (χ3n) is 4.96. The van der Waals surface area contributed by atoms with Crippen LogP contribution in [-0.4, -0.2) is 36.7 Å². The lowest BCUT2D eigenvalue weighted by atomic mass is 10.1. The summed E-state index contributed by atoms with van der Waals surface area (Å²) in [7, 11) is -3.55. The molecule has 0 atom stereocenters. The molecule has 0 radical (unpaired) electrons. The number of fused-ring (bicyclic) bond motifs is 3. The van der Waals surface area contributed by atoms with E-state index in [9.17, 15) is 13.2 Å². The third-order valence-corrected chi connectivity index (χ3v) is 7.96. The highest BCUT2D eigenvalue weighted by atomic mass is 32.2. The number of carbonyl (C=O) groups excluding carboxylic acids is 1. The summed E-state index contributed by atoms with van der Waals surface area (Å²) in [6, 6.07) is 18.0. The number of anilines is 1. The number of nitrogens with zero attached hydrogens (tertiary/aromatic N) is 2. The van der Waals surface area contributed by atoms with Gasteiger partial charge in [0, 0.05) is 24.0 Å². The Hall–Kier alpha value is -2.81. The number of amides is 1. The van der Waals surface area contributed by atoms with Crippen molar-refractivity contribution in [1.29, 1.82) is 0 Å². The SMILES string of the molecule is CCN(CC)S(=O)(=O)c1ccc(C(=O)Nc2nc3c(ccc4ccccc43)s2)cc1. The Morgan fingerprint density at radius 3 is 2.40 bits per heavy atom. The highest BCUT2D eigenvalue weighted by Gasteiger charge is 2.22. The monoisotopic (exact) mass is 439 g/mol. The summed E-state index contributed by atoms with van der Waals surface area (Å²) in [6.45, 7) is 4.38. The van der Waals surface area contributed by atoms with E-state index in [0.717, 1.165) is 21.0 Å². The van der Waals surface area contributed by atoms with E-state index in [1.165, 1.54) is 39.9 Å². The summed E-state index contributed by atoms with van der Waals surface area (Å²) in [5, 5.41) is 5.47. The number of rotatable bonds is 6. The Kier molecular flexibility index (Phi) is 5.55. The van der Waals surface area contributed by atoms with Crippen molar-refractivity contribution in [3.63, 3.8) is 0 Å². The lowest BCUT2D eigenvalue weighted by Gasteiger charge is -2.18. The number of benzene rings is 3. The first kappa shape index (κ1) is 20.5. The molecule has 3 aromatic carbocycles. The highest BCUT2D eigenvalue weighted by molar-refractivity contribution is 7.89. The van der Waals surface area contributed by atoms with Crippen LogP contribution < -0.4 is 5.32 Å². The Labute approximate surface area is 179 Å². The van der Waals surface area contributed by atoms with Gasteiger partial charge in [-0.3, -0.25) is 10.1 Å². The Morgan fingerprint density at radius 2 is 1.70 bits per heavy atom. The molecule has 0 aliphatic rings. The summed E-state index contributed by atoms with van der Waals surface area (Å²) in [4.78, 5) is 17.4. The van der Waals surface area contributed by atoms with Crippen LogP contribution in [0.5, 0.6) is 0 Å². The molecule has 0 bridgehead atoms. The van der Waals surface area contributed by atoms with Crippen molar-refractivity contribution >= 4 is 53.4 Å². The average molecular weight is 440 g/mol. The molecule has 30 heavy (non-hydrogen) atoms. The Bertz CT molecular complexity index is 1330. The fourth-order valence-corrected chi connectivity index (χ4v) is 5.71. The number of nitrogens with one attached hydrogen (secondary N) is 1. The van der Waals surface area contributed by atoms with Crippen LogP contribution >= 0.6 is 11.3 Å². The fourth-order valence-electron chi connectivity index (χ4n) is 3.37. The van der Waals surface area contributed by atoms with Crippen molar-refractivity contribution in [3.8, 4) is 0 Å². The molecule has 1 heterocycles. The van der Waals surface area contributed by atoms with Crippen molar-refractivity contribution < 1.29 is 13.2 Å². The maximum atomic E-state index is 12.7. The molecule has 4 rings (SSSR count). The zero-order chi connectivity index (χ0) is 21.3. The summed E-state index contributed by atoms with van der Waals surface area (Å²) < 4.78 is 27.6. The topological polar surface area (TPSA) is 79.4 Å². The maximum Gasteiger partial charge on any atom is 0.257 e. The van der Waals surface area contributed by atoms with Crippen molar-refractivity contribution in [1.82, 2.24) is 9.29 Å². The molecule has 154 valence electrons. The van der Waals surface area contributed by atoms with Gasteiger partial charge >= 0.3 is 0 Å². The molecular formula is C22H21N3O3S2. The minimum Gasteiger partial charge on any atom is -0.298 e. The molecule has 1 amide bonds. The van der Waals surface area contributed by atoms with Crippen LogP contribution in [0.4, 0.5) is 5.13 Å². The number of sulfonamides is 1. The second-order valence-corrected chi connectivity index (χ2v) is 9.69. The molecule has 4 aromatic rings. The second kappa shape index (κ2) is 8.14. The third kappa shape index (κ3) is 3.69. The Balaban J connectivity index is 1.58. The first-order valence-electron chi connectivity index (χ1n) is 9.64. The van der Waals surface area contributed by atoms with Gasteiger partial charge in [0.05, 0.1) is 15.1 Å². The van der Waals surface area contributed by atoms with E-state index in [1.807, 2.05) is 36.4 Å². The molecule has 0 aliphatic heterocycles. The van der Waals surface area contributed by atoms with Gasteiger partial charge in [0.1, 0.15) is 0 Å². The first-order valence-corrected chi connectivity index (χ1v) is 11.9. The zero-order valence-corrected chi connectivity index (χ0v) is 18.3. The van der Waals surface area contributed by atoms with Crippen molar-refractivity contribution in [3.05, 3.63) is 66.2 Å². The zero-order valence-electron chi connectivity index (χ0n) is 16.6. The summed E-state index contributed by atoms with van der Waals surface area (Å²) >= 11 is 1.41. The van der Waals surface area contributed by atoms with E-state index < -0.39 is 10.0 Å². The van der Waals surface area contributed by atoms with Gasteiger partial charge in [-0.1, -0.05) is 55.5 Å². The quantitative estimate of drug-likeness (QED) is 0.471. The lowest BCUT2D eigenvalue weighted by Crippen LogP contribution is -2.30. The first-order chi connectivity index (χ1) is 14.4. The summed E-state index contributed by atoms with van der Waals surface area (Å²) in [6.07, 6.45) is 0. The van der Waals surface area contributed by atoms with Gasteiger partial charge in [-0.2, -0.15) is 4.31 Å². The molecular weight excluding hydrogens is 418 g/mol. The van der Waals surface area contributed by atoms with Gasteiger partial charge < -0.3 is 0 Å². The molecule has 0 unspecified atom stereocenters. The smallest absolute Gasteiger partial charge is 0.257 e. The Morgan fingerprint density at radius 1 is 1.00 bits per heavy atom. The van der Waals surface area contributed by atoms with Gasteiger partial charge in [0.15, 0.2) is 5.13 Å². The summed E-state index contributed by atoms with van der Waals surface area (Å²) in [5.74, 6) is -0.329. The lowest BCUT2D eigenvalue weighted by molar-refractivity contribution is 0.102. The number of aromatic nitrogens is 1. The van der Waals surface area contributed by atoms with Crippen LogP contribution in [-0.2, 0) is 10.0 Å². The van der Waals surface area contributed by atoms with E-state index in [0.29, 0.717) is 23.8 Å². The minimum atomic E-state index is -3.55. The van der Waals surface area contributed by atoms with Gasteiger partial charge in [0.25, 0.3) is 5.91 Å². The van der Waals surface area contributed by atoms with E-state index in [2.05, 4.69) is 10.3 Å². The number of hydrogen-bond donors (Lipinski definition) is 1. The van der Waals surface area contributed by atoms with E-state index >= 15 is 0 Å². The fraction of sp³-hybridized carbons (Fsp3) is 0.182. The molecule has 0 aliphatic carbocycles. The standard InChI is InChI=1S/C22H21N3O3S2/c1-3-25(4-2)30(27,28)17-12-9-16(10-13-17)21(26)24-22-23-20-18-8-6-5-7-15(18)11-14-19(20)29-22/h5-14H,3-4H2,1-2H3,(H,23,24,26). The molecule has 0 saturated carbocycles. The van der Waals surface area contributed by atoms with Crippen LogP contribution in [0.2, 0.25) is 0 Å². The number of carbonyl (C=O) groups is 1. The number of hydrogen-bond acceptors (Lipinski definition) is 5. The van der Waals surface area contributed by atoms with Crippen molar-refractivity contribution in [2.24, 2.45) is 0 Å². The van der Waals surface area contributed by atoms with Gasteiger partial charge in [-0.15, -0.1) is 0 Å². The maximum absolute atomic E-state index is 12.7. The normalized spacial score (nSPS) is 12.0. The van der Waals surface area contributed by atoms with Gasteiger partial charge in [-0.25, -0.2) is 13.4 Å². The van der Waals surface area contributed by atoms with E-state index in [-0.39, 0.29) is 10.8 Å². The van der Waals surface area contributed by atoms with Gasteiger partial charge in [0.2, 0.25) is 10.0 Å². The average Bonchev–Trinajstić information content (AvgIpc) is 3.17.